The Morgan fingerprint density at radius 3 is 2.79 bits per heavy atom. The summed E-state index contributed by atoms with van der Waals surface area (Å²) in [6.45, 7) is 4.18. The lowest BCUT2D eigenvalue weighted by Crippen LogP contribution is -2.22. The van der Waals surface area contributed by atoms with Gasteiger partial charge in [0.05, 0.1) is 10.3 Å². The van der Waals surface area contributed by atoms with E-state index in [0.29, 0.717) is 17.4 Å². The van der Waals surface area contributed by atoms with Crippen molar-refractivity contribution in [2.24, 2.45) is 5.92 Å². The van der Waals surface area contributed by atoms with Crippen molar-refractivity contribution in [3.8, 4) is 0 Å². The van der Waals surface area contributed by atoms with Gasteiger partial charge in [0.25, 0.3) is 0 Å². The highest BCUT2D eigenvalue weighted by molar-refractivity contribution is 7.89. The van der Waals surface area contributed by atoms with Gasteiger partial charge in [0.15, 0.2) is 0 Å². The molecule has 2 aromatic heterocycles. The SMILES string of the molecule is Cc1nc(Nc2cccc(S(=O)(=O)N(C)C)c2)c2c3c(sc2n1)C[C@@H](C)CC3. The van der Waals surface area contributed by atoms with E-state index in [4.69, 9.17) is 0 Å². The fourth-order valence-electron chi connectivity index (χ4n) is 3.62. The summed E-state index contributed by atoms with van der Waals surface area (Å²) in [6, 6.07) is 6.86. The van der Waals surface area contributed by atoms with Crippen LogP contribution in [0.3, 0.4) is 0 Å². The van der Waals surface area contributed by atoms with Crippen molar-refractivity contribution in [1.82, 2.24) is 14.3 Å². The first-order valence-corrected chi connectivity index (χ1v) is 11.6. The van der Waals surface area contributed by atoms with Crippen LogP contribution in [-0.2, 0) is 22.9 Å². The molecule has 0 spiro atoms. The summed E-state index contributed by atoms with van der Waals surface area (Å²) in [6.07, 6.45) is 3.29. The predicted molar refractivity (Wildman–Crippen MR) is 114 cm³/mol. The van der Waals surface area contributed by atoms with Gasteiger partial charge in [0.1, 0.15) is 16.5 Å². The molecule has 0 radical (unpaired) electrons. The number of fused-ring (bicyclic) bond motifs is 3. The Morgan fingerprint density at radius 2 is 2.04 bits per heavy atom. The molecule has 0 fully saturated rings. The summed E-state index contributed by atoms with van der Waals surface area (Å²) in [7, 11) is -0.423. The van der Waals surface area contributed by atoms with Gasteiger partial charge >= 0.3 is 0 Å². The summed E-state index contributed by atoms with van der Waals surface area (Å²) in [5.41, 5.74) is 2.05. The number of benzene rings is 1. The maximum Gasteiger partial charge on any atom is 0.242 e. The molecule has 1 aliphatic carbocycles. The Kier molecular flexibility index (Phi) is 4.89. The largest absolute Gasteiger partial charge is 0.340 e. The van der Waals surface area contributed by atoms with Gasteiger partial charge in [-0.15, -0.1) is 11.3 Å². The highest BCUT2D eigenvalue weighted by atomic mass is 32.2. The summed E-state index contributed by atoms with van der Waals surface area (Å²) >= 11 is 1.76. The molecular formula is C20H24N4O2S2. The van der Waals surface area contributed by atoms with Crippen LogP contribution in [0.4, 0.5) is 11.5 Å². The van der Waals surface area contributed by atoms with Crippen LogP contribution in [0.15, 0.2) is 29.2 Å². The summed E-state index contributed by atoms with van der Waals surface area (Å²) < 4.78 is 26.1. The molecule has 4 rings (SSSR count). The van der Waals surface area contributed by atoms with E-state index in [2.05, 4.69) is 22.2 Å². The highest BCUT2D eigenvalue weighted by Crippen LogP contribution is 2.40. The van der Waals surface area contributed by atoms with Crippen molar-refractivity contribution in [3.63, 3.8) is 0 Å². The molecule has 0 aliphatic heterocycles. The lowest BCUT2D eigenvalue weighted by Gasteiger charge is -2.18. The van der Waals surface area contributed by atoms with E-state index in [1.165, 1.54) is 35.3 Å². The Bertz CT molecular complexity index is 1150. The smallest absolute Gasteiger partial charge is 0.242 e. The van der Waals surface area contributed by atoms with Gasteiger partial charge < -0.3 is 5.32 Å². The number of nitrogens with one attached hydrogen (secondary N) is 1. The summed E-state index contributed by atoms with van der Waals surface area (Å²) in [4.78, 5) is 12.0. The second-order valence-electron chi connectivity index (χ2n) is 7.59. The average molecular weight is 417 g/mol. The number of rotatable bonds is 4. The zero-order chi connectivity index (χ0) is 20.1. The fourth-order valence-corrected chi connectivity index (χ4v) is 6.00. The van der Waals surface area contributed by atoms with Crippen LogP contribution >= 0.6 is 11.3 Å². The fraction of sp³-hybridized carbons (Fsp3) is 0.400. The van der Waals surface area contributed by atoms with Crippen molar-refractivity contribution < 1.29 is 8.42 Å². The van der Waals surface area contributed by atoms with Gasteiger partial charge in [0, 0.05) is 24.7 Å². The van der Waals surface area contributed by atoms with Crippen molar-refractivity contribution >= 4 is 43.1 Å². The average Bonchev–Trinajstić information content (AvgIpc) is 2.98. The number of aryl methyl sites for hydroxylation is 2. The van der Waals surface area contributed by atoms with Crippen LogP contribution in [0.5, 0.6) is 0 Å². The quantitative estimate of drug-likeness (QED) is 0.692. The molecule has 1 atom stereocenters. The van der Waals surface area contributed by atoms with Gasteiger partial charge in [-0.3, -0.25) is 0 Å². The van der Waals surface area contributed by atoms with Gasteiger partial charge in [-0.2, -0.15) is 0 Å². The normalized spacial score (nSPS) is 17.1. The Hall–Kier alpha value is -2.03. The van der Waals surface area contributed by atoms with E-state index in [1.54, 1.807) is 29.5 Å². The van der Waals surface area contributed by atoms with E-state index < -0.39 is 10.0 Å². The van der Waals surface area contributed by atoms with Crippen LogP contribution in [0.25, 0.3) is 10.2 Å². The minimum atomic E-state index is -3.49. The maximum absolute atomic E-state index is 12.5. The third-order valence-corrected chi connectivity index (χ3v) is 8.10. The molecule has 1 aliphatic rings. The van der Waals surface area contributed by atoms with Crippen LogP contribution < -0.4 is 5.32 Å². The predicted octanol–water partition coefficient (Wildman–Crippen LogP) is 4.12. The molecule has 1 aromatic carbocycles. The molecule has 2 heterocycles. The van der Waals surface area contributed by atoms with Crippen LogP contribution in [-0.4, -0.2) is 36.8 Å². The zero-order valence-electron chi connectivity index (χ0n) is 16.5. The number of anilines is 2. The number of sulfonamides is 1. The van der Waals surface area contributed by atoms with Gasteiger partial charge in [0.2, 0.25) is 10.0 Å². The molecule has 6 nitrogen and oxygen atoms in total. The molecule has 0 saturated carbocycles. The van der Waals surface area contributed by atoms with Gasteiger partial charge in [-0.25, -0.2) is 22.7 Å². The van der Waals surface area contributed by atoms with Crippen LogP contribution in [0, 0.1) is 12.8 Å². The number of hydrogen-bond acceptors (Lipinski definition) is 6. The summed E-state index contributed by atoms with van der Waals surface area (Å²) in [5, 5.41) is 4.44. The van der Waals surface area contributed by atoms with E-state index >= 15 is 0 Å². The number of nitrogens with zero attached hydrogens (tertiary/aromatic N) is 3. The van der Waals surface area contributed by atoms with Gasteiger partial charge in [-0.1, -0.05) is 13.0 Å². The second-order valence-corrected chi connectivity index (χ2v) is 10.8. The lowest BCUT2D eigenvalue weighted by molar-refractivity contribution is 0.509. The Balaban J connectivity index is 1.79. The van der Waals surface area contributed by atoms with Crippen LogP contribution in [0.1, 0.15) is 29.6 Å². The number of aromatic nitrogens is 2. The van der Waals surface area contributed by atoms with E-state index in [0.717, 1.165) is 28.9 Å². The highest BCUT2D eigenvalue weighted by Gasteiger charge is 2.24. The maximum atomic E-state index is 12.5. The van der Waals surface area contributed by atoms with E-state index in [9.17, 15) is 8.42 Å². The van der Waals surface area contributed by atoms with Crippen molar-refractivity contribution in [2.75, 3.05) is 19.4 Å². The van der Waals surface area contributed by atoms with Crippen molar-refractivity contribution in [2.45, 2.75) is 38.0 Å². The first-order valence-electron chi connectivity index (χ1n) is 9.34. The number of hydrogen-bond donors (Lipinski definition) is 1. The van der Waals surface area contributed by atoms with Crippen molar-refractivity contribution in [1.29, 1.82) is 0 Å². The summed E-state index contributed by atoms with van der Waals surface area (Å²) in [5.74, 6) is 2.16. The zero-order valence-corrected chi connectivity index (χ0v) is 18.1. The first kappa shape index (κ1) is 19.3. The second kappa shape index (κ2) is 7.09. The third-order valence-electron chi connectivity index (χ3n) is 5.14. The molecule has 0 unspecified atom stereocenters. The Morgan fingerprint density at radius 1 is 1.25 bits per heavy atom. The molecule has 0 bridgehead atoms. The molecule has 28 heavy (non-hydrogen) atoms. The molecule has 8 heteroatoms. The van der Waals surface area contributed by atoms with Crippen LogP contribution in [0.2, 0.25) is 0 Å². The molecule has 1 N–H and O–H groups in total. The molecule has 148 valence electrons. The number of thiophene rings is 1. The Labute approximate surface area is 169 Å². The minimum absolute atomic E-state index is 0.255. The third kappa shape index (κ3) is 3.40. The topological polar surface area (TPSA) is 75.2 Å². The van der Waals surface area contributed by atoms with Gasteiger partial charge in [-0.05, 0) is 55.9 Å². The standard InChI is InChI=1S/C20H24N4O2S2/c1-12-8-9-16-17(10-12)27-20-18(16)19(21-13(2)22-20)23-14-6-5-7-15(11-14)28(25,26)24(3)4/h5-7,11-12H,8-10H2,1-4H3,(H,21,22,23)/t12-/m0/s1. The van der Waals surface area contributed by atoms with E-state index in [1.807, 2.05) is 13.0 Å². The first-order chi connectivity index (χ1) is 13.3. The molecule has 0 amide bonds. The monoisotopic (exact) mass is 416 g/mol. The molecular weight excluding hydrogens is 392 g/mol. The molecule has 3 aromatic rings. The van der Waals surface area contributed by atoms with Crippen molar-refractivity contribution in [3.05, 3.63) is 40.5 Å². The molecule has 0 saturated heterocycles. The minimum Gasteiger partial charge on any atom is -0.340 e. The van der Waals surface area contributed by atoms with E-state index in [-0.39, 0.29) is 4.90 Å². The lowest BCUT2D eigenvalue weighted by atomic mass is 9.89.